The summed E-state index contributed by atoms with van der Waals surface area (Å²) in [7, 11) is 0. The second-order valence-electron chi connectivity index (χ2n) is 4.63. The molecule has 0 saturated carbocycles. The van der Waals surface area contributed by atoms with Crippen molar-refractivity contribution in [2.24, 2.45) is 11.7 Å². The number of benzene rings is 1. The molecule has 0 saturated heterocycles. The summed E-state index contributed by atoms with van der Waals surface area (Å²) in [6.45, 7) is 4.22. The van der Waals surface area contributed by atoms with Gasteiger partial charge in [-0.1, -0.05) is 26.0 Å². The molecule has 0 radical (unpaired) electrons. The third kappa shape index (κ3) is 3.91. The number of aliphatic hydroxyl groups excluding tert-OH is 1. The number of aliphatic hydroxyl groups is 1. The molecular weight excluding hydrogens is 205 g/mol. The predicted molar refractivity (Wildman–Crippen MR) is 63.4 cm³/mol. The van der Waals surface area contributed by atoms with Gasteiger partial charge in [-0.3, -0.25) is 0 Å². The minimum atomic E-state index is -0.783. The Morgan fingerprint density at radius 1 is 1.31 bits per heavy atom. The normalized spacial score (nSPS) is 15.1. The monoisotopic (exact) mass is 225 g/mol. The maximum atomic E-state index is 13.0. The Morgan fingerprint density at radius 3 is 2.56 bits per heavy atom. The number of rotatable bonds is 5. The first-order chi connectivity index (χ1) is 7.50. The van der Waals surface area contributed by atoms with Gasteiger partial charge in [0, 0.05) is 6.04 Å². The second kappa shape index (κ2) is 5.97. The first kappa shape index (κ1) is 13.1. The lowest BCUT2D eigenvalue weighted by Crippen LogP contribution is -2.28. The number of halogens is 1. The van der Waals surface area contributed by atoms with Crippen LogP contribution < -0.4 is 5.73 Å². The highest BCUT2D eigenvalue weighted by molar-refractivity contribution is 5.19. The largest absolute Gasteiger partial charge is 0.387 e. The first-order valence-electron chi connectivity index (χ1n) is 5.70. The zero-order chi connectivity index (χ0) is 12.1. The maximum absolute atomic E-state index is 13.0. The summed E-state index contributed by atoms with van der Waals surface area (Å²) in [5.74, 6) is 0.221. The fourth-order valence-electron chi connectivity index (χ4n) is 1.62. The molecule has 2 atom stereocenters. The maximum Gasteiger partial charge on any atom is 0.123 e. The molecule has 1 aromatic carbocycles. The predicted octanol–water partition coefficient (Wildman–Crippen LogP) is 2.62. The molecule has 0 fully saturated rings. The van der Waals surface area contributed by atoms with E-state index < -0.39 is 6.10 Å². The van der Waals surface area contributed by atoms with E-state index >= 15 is 0 Å². The lowest BCUT2D eigenvalue weighted by Gasteiger charge is -2.20. The topological polar surface area (TPSA) is 46.2 Å². The van der Waals surface area contributed by atoms with Crippen molar-refractivity contribution in [2.75, 3.05) is 0 Å². The van der Waals surface area contributed by atoms with Crippen molar-refractivity contribution in [3.05, 3.63) is 35.6 Å². The molecule has 0 bridgehead atoms. The minimum Gasteiger partial charge on any atom is -0.387 e. The van der Waals surface area contributed by atoms with Gasteiger partial charge in [0.15, 0.2) is 0 Å². The van der Waals surface area contributed by atoms with Crippen LogP contribution in [-0.4, -0.2) is 11.1 Å². The van der Waals surface area contributed by atoms with Gasteiger partial charge in [-0.2, -0.15) is 0 Å². The van der Waals surface area contributed by atoms with Gasteiger partial charge < -0.3 is 10.8 Å². The van der Waals surface area contributed by atoms with Crippen molar-refractivity contribution in [1.29, 1.82) is 0 Å². The zero-order valence-electron chi connectivity index (χ0n) is 9.86. The minimum absolute atomic E-state index is 0.329. The average Bonchev–Trinajstić information content (AvgIpc) is 2.24. The van der Waals surface area contributed by atoms with E-state index in [9.17, 15) is 9.50 Å². The van der Waals surface area contributed by atoms with Crippen molar-refractivity contribution in [3.63, 3.8) is 0 Å². The van der Waals surface area contributed by atoms with Crippen molar-refractivity contribution >= 4 is 0 Å². The average molecular weight is 225 g/mol. The van der Waals surface area contributed by atoms with Gasteiger partial charge in [-0.25, -0.2) is 4.39 Å². The van der Waals surface area contributed by atoms with Gasteiger partial charge in [0.2, 0.25) is 0 Å². The third-order valence-corrected chi connectivity index (χ3v) is 2.67. The molecule has 0 heterocycles. The van der Waals surface area contributed by atoms with E-state index in [-0.39, 0.29) is 11.9 Å². The van der Waals surface area contributed by atoms with Crippen LogP contribution in [0.4, 0.5) is 4.39 Å². The SMILES string of the molecule is CC(C)CCC(N)C(O)c1cccc(F)c1. The highest BCUT2D eigenvalue weighted by Crippen LogP contribution is 2.20. The van der Waals surface area contributed by atoms with E-state index in [0.717, 1.165) is 12.8 Å². The van der Waals surface area contributed by atoms with Crippen LogP contribution in [-0.2, 0) is 0 Å². The fraction of sp³-hybridized carbons (Fsp3) is 0.538. The lowest BCUT2D eigenvalue weighted by molar-refractivity contribution is 0.139. The van der Waals surface area contributed by atoms with Gasteiger partial charge in [-0.15, -0.1) is 0 Å². The summed E-state index contributed by atoms with van der Waals surface area (Å²) >= 11 is 0. The Bertz CT molecular complexity index is 327. The molecule has 0 aliphatic heterocycles. The molecule has 3 heteroatoms. The van der Waals surface area contributed by atoms with Crippen LogP contribution in [0.25, 0.3) is 0 Å². The van der Waals surface area contributed by atoms with Gasteiger partial charge in [-0.05, 0) is 36.5 Å². The van der Waals surface area contributed by atoms with E-state index in [4.69, 9.17) is 5.73 Å². The molecule has 2 unspecified atom stereocenters. The first-order valence-corrected chi connectivity index (χ1v) is 5.70. The lowest BCUT2D eigenvalue weighted by atomic mass is 9.96. The summed E-state index contributed by atoms with van der Waals surface area (Å²) in [6.07, 6.45) is 0.928. The fourth-order valence-corrected chi connectivity index (χ4v) is 1.62. The van der Waals surface area contributed by atoms with Crippen molar-refractivity contribution in [3.8, 4) is 0 Å². The van der Waals surface area contributed by atoms with Crippen LogP contribution in [0, 0.1) is 11.7 Å². The van der Waals surface area contributed by atoms with Gasteiger partial charge in [0.25, 0.3) is 0 Å². The van der Waals surface area contributed by atoms with Crippen molar-refractivity contribution < 1.29 is 9.50 Å². The molecule has 0 aromatic heterocycles. The van der Waals surface area contributed by atoms with E-state index in [1.807, 2.05) is 0 Å². The van der Waals surface area contributed by atoms with Crippen molar-refractivity contribution in [2.45, 2.75) is 38.8 Å². The molecule has 0 spiro atoms. The van der Waals surface area contributed by atoms with Crippen LogP contribution in [0.5, 0.6) is 0 Å². The Balaban J connectivity index is 2.59. The van der Waals surface area contributed by atoms with Crippen LogP contribution in [0.1, 0.15) is 38.4 Å². The summed E-state index contributed by atoms with van der Waals surface area (Å²) < 4.78 is 13.0. The Hall–Kier alpha value is -0.930. The Kier molecular flexibility index (Phi) is 4.90. The molecular formula is C13H20FNO. The molecule has 1 rings (SSSR count). The molecule has 90 valence electrons. The summed E-state index contributed by atoms with van der Waals surface area (Å²) in [4.78, 5) is 0. The van der Waals surface area contributed by atoms with Gasteiger partial charge >= 0.3 is 0 Å². The molecule has 0 aliphatic carbocycles. The van der Waals surface area contributed by atoms with Crippen molar-refractivity contribution in [1.82, 2.24) is 0 Å². The van der Waals surface area contributed by atoms with Gasteiger partial charge in [0.1, 0.15) is 5.82 Å². The zero-order valence-corrected chi connectivity index (χ0v) is 9.86. The standard InChI is InChI=1S/C13H20FNO/c1-9(2)6-7-12(15)13(16)10-4-3-5-11(14)8-10/h3-5,8-9,12-13,16H,6-7,15H2,1-2H3. The number of hydrogen-bond acceptors (Lipinski definition) is 2. The molecule has 2 nitrogen and oxygen atoms in total. The highest BCUT2D eigenvalue weighted by atomic mass is 19.1. The summed E-state index contributed by atoms with van der Waals surface area (Å²) in [5.41, 5.74) is 6.43. The Labute approximate surface area is 96.3 Å². The van der Waals surface area contributed by atoms with E-state index in [2.05, 4.69) is 13.8 Å². The van der Waals surface area contributed by atoms with E-state index in [0.29, 0.717) is 11.5 Å². The molecule has 1 aromatic rings. The second-order valence-corrected chi connectivity index (χ2v) is 4.63. The molecule has 0 aliphatic rings. The van der Waals surface area contributed by atoms with Gasteiger partial charge in [0.05, 0.1) is 6.10 Å². The molecule has 16 heavy (non-hydrogen) atoms. The van der Waals surface area contributed by atoms with E-state index in [1.54, 1.807) is 12.1 Å². The van der Waals surface area contributed by atoms with Crippen LogP contribution >= 0.6 is 0 Å². The third-order valence-electron chi connectivity index (χ3n) is 2.67. The smallest absolute Gasteiger partial charge is 0.123 e. The quantitative estimate of drug-likeness (QED) is 0.809. The van der Waals surface area contributed by atoms with E-state index in [1.165, 1.54) is 12.1 Å². The summed E-state index contributed by atoms with van der Waals surface area (Å²) in [5, 5.41) is 9.93. The highest BCUT2D eigenvalue weighted by Gasteiger charge is 2.17. The van der Waals surface area contributed by atoms with Crippen LogP contribution in [0.2, 0.25) is 0 Å². The number of nitrogens with two attached hydrogens (primary N) is 1. The summed E-state index contributed by atoms with van der Waals surface area (Å²) in [6, 6.07) is 5.64. The van der Waals surface area contributed by atoms with Crippen LogP contribution in [0.3, 0.4) is 0 Å². The molecule has 3 N–H and O–H groups in total. The molecule has 0 amide bonds. The van der Waals surface area contributed by atoms with Crippen LogP contribution in [0.15, 0.2) is 24.3 Å². The number of hydrogen-bond donors (Lipinski definition) is 2. The Morgan fingerprint density at radius 2 is 2.00 bits per heavy atom.